The molecule has 2 N–H and O–H groups in total. The minimum Gasteiger partial charge on any atom is -0.343 e. The number of rotatable bonds is 6. The van der Waals surface area contributed by atoms with Crippen LogP contribution in [0.5, 0.6) is 0 Å². The van der Waals surface area contributed by atoms with Gasteiger partial charge in [0, 0.05) is 0 Å². The van der Waals surface area contributed by atoms with Crippen LogP contribution in [0.25, 0.3) is 0 Å². The van der Waals surface area contributed by atoms with Gasteiger partial charge in [-0.2, -0.15) is 0 Å². The molecular formula is C19H22FN3O2. The number of hydrogen-bond acceptors (Lipinski definition) is 3. The first-order valence-electron chi connectivity index (χ1n) is 7.97. The van der Waals surface area contributed by atoms with Gasteiger partial charge in [0.05, 0.1) is 5.69 Å². The summed E-state index contributed by atoms with van der Waals surface area (Å²) in [6.45, 7) is 1.56. The van der Waals surface area contributed by atoms with E-state index in [4.69, 9.17) is 0 Å². The maximum atomic E-state index is 13.6. The van der Waals surface area contributed by atoms with E-state index < -0.39 is 23.8 Å². The predicted molar refractivity (Wildman–Crippen MR) is 95.5 cm³/mol. The van der Waals surface area contributed by atoms with E-state index in [1.54, 1.807) is 32.0 Å². The van der Waals surface area contributed by atoms with Gasteiger partial charge in [-0.25, -0.2) is 4.39 Å². The van der Waals surface area contributed by atoms with Crippen LogP contribution in [0.2, 0.25) is 0 Å². The van der Waals surface area contributed by atoms with Crippen LogP contribution in [-0.4, -0.2) is 36.9 Å². The fourth-order valence-corrected chi connectivity index (χ4v) is 2.48. The monoisotopic (exact) mass is 343 g/mol. The van der Waals surface area contributed by atoms with Gasteiger partial charge in [-0.1, -0.05) is 42.5 Å². The number of anilines is 1. The zero-order chi connectivity index (χ0) is 18.4. The average molecular weight is 343 g/mol. The van der Waals surface area contributed by atoms with E-state index in [1.807, 2.05) is 30.3 Å². The number of halogens is 1. The molecule has 2 aromatic carbocycles. The zero-order valence-electron chi connectivity index (χ0n) is 14.5. The van der Waals surface area contributed by atoms with Crippen molar-refractivity contribution in [2.75, 3.05) is 19.4 Å². The van der Waals surface area contributed by atoms with Gasteiger partial charge in [0.2, 0.25) is 11.8 Å². The highest BCUT2D eigenvalue weighted by Gasteiger charge is 2.26. The van der Waals surface area contributed by atoms with E-state index in [0.29, 0.717) is 0 Å². The fraction of sp³-hybridized carbons (Fsp3) is 0.263. The SMILES string of the molecule is CC(NC(=O)C(c1ccccc1)N(C)C)C(=O)Nc1ccccc1F. The van der Waals surface area contributed by atoms with E-state index in [1.165, 1.54) is 18.2 Å². The fourth-order valence-electron chi connectivity index (χ4n) is 2.48. The van der Waals surface area contributed by atoms with E-state index in [0.717, 1.165) is 5.56 Å². The Morgan fingerprint density at radius 2 is 1.56 bits per heavy atom. The van der Waals surface area contributed by atoms with Crippen molar-refractivity contribution >= 4 is 17.5 Å². The Balaban J connectivity index is 2.05. The van der Waals surface area contributed by atoms with Crippen molar-refractivity contribution < 1.29 is 14.0 Å². The van der Waals surface area contributed by atoms with E-state index >= 15 is 0 Å². The molecule has 2 unspecified atom stereocenters. The lowest BCUT2D eigenvalue weighted by atomic mass is 10.0. The second-order valence-electron chi connectivity index (χ2n) is 5.98. The number of likely N-dealkylation sites (N-methyl/N-ethyl adjacent to an activating group) is 1. The number of nitrogens with one attached hydrogen (secondary N) is 2. The molecule has 2 atom stereocenters. The summed E-state index contributed by atoms with van der Waals surface area (Å²) in [5, 5.41) is 5.17. The summed E-state index contributed by atoms with van der Waals surface area (Å²) in [4.78, 5) is 26.6. The third-order valence-electron chi connectivity index (χ3n) is 3.76. The highest BCUT2D eigenvalue weighted by molar-refractivity contribution is 5.97. The summed E-state index contributed by atoms with van der Waals surface area (Å²) in [5.74, 6) is -1.30. The molecule has 0 saturated heterocycles. The molecule has 0 aliphatic carbocycles. The smallest absolute Gasteiger partial charge is 0.246 e. The zero-order valence-corrected chi connectivity index (χ0v) is 14.5. The van der Waals surface area contributed by atoms with Gasteiger partial charge in [-0.3, -0.25) is 14.5 Å². The molecular weight excluding hydrogens is 321 g/mol. The molecule has 0 saturated carbocycles. The van der Waals surface area contributed by atoms with Crippen molar-refractivity contribution in [3.63, 3.8) is 0 Å². The van der Waals surface area contributed by atoms with E-state index in [9.17, 15) is 14.0 Å². The minimum atomic E-state index is -0.807. The van der Waals surface area contributed by atoms with Gasteiger partial charge >= 0.3 is 0 Å². The van der Waals surface area contributed by atoms with Crippen LogP contribution in [0, 0.1) is 5.82 Å². The summed E-state index contributed by atoms with van der Waals surface area (Å²) in [6, 6.07) is 13.9. The van der Waals surface area contributed by atoms with Crippen LogP contribution in [0.15, 0.2) is 54.6 Å². The Morgan fingerprint density at radius 1 is 0.960 bits per heavy atom. The molecule has 0 aliphatic rings. The van der Waals surface area contributed by atoms with Gasteiger partial charge in [-0.05, 0) is 38.7 Å². The number of nitrogens with zero attached hydrogens (tertiary/aromatic N) is 1. The molecule has 2 amide bonds. The number of hydrogen-bond donors (Lipinski definition) is 2. The van der Waals surface area contributed by atoms with Crippen LogP contribution in [0.3, 0.4) is 0 Å². The lowest BCUT2D eigenvalue weighted by Gasteiger charge is -2.25. The number of carbonyl (C=O) groups is 2. The molecule has 0 bridgehead atoms. The molecule has 0 aliphatic heterocycles. The van der Waals surface area contributed by atoms with Gasteiger partial charge < -0.3 is 10.6 Å². The first-order chi connectivity index (χ1) is 11.9. The maximum Gasteiger partial charge on any atom is 0.246 e. The van der Waals surface area contributed by atoms with Crippen LogP contribution in [0.4, 0.5) is 10.1 Å². The summed E-state index contributed by atoms with van der Waals surface area (Å²) < 4.78 is 13.6. The molecule has 25 heavy (non-hydrogen) atoms. The summed E-state index contributed by atoms with van der Waals surface area (Å²) >= 11 is 0. The summed E-state index contributed by atoms with van der Waals surface area (Å²) in [5.41, 5.74) is 0.910. The first kappa shape index (κ1) is 18.6. The van der Waals surface area contributed by atoms with Gasteiger partial charge in [0.1, 0.15) is 17.9 Å². The van der Waals surface area contributed by atoms with Crippen molar-refractivity contribution in [2.45, 2.75) is 19.0 Å². The lowest BCUT2D eigenvalue weighted by Crippen LogP contribution is -2.46. The molecule has 2 rings (SSSR count). The molecule has 132 valence electrons. The van der Waals surface area contributed by atoms with Crippen LogP contribution < -0.4 is 10.6 Å². The highest BCUT2D eigenvalue weighted by atomic mass is 19.1. The second kappa shape index (κ2) is 8.39. The topological polar surface area (TPSA) is 61.4 Å². The van der Waals surface area contributed by atoms with Gasteiger partial charge in [0.15, 0.2) is 0 Å². The van der Waals surface area contributed by atoms with Crippen molar-refractivity contribution in [2.24, 2.45) is 0 Å². The molecule has 0 radical (unpaired) electrons. The van der Waals surface area contributed by atoms with Crippen LogP contribution in [0.1, 0.15) is 18.5 Å². The quantitative estimate of drug-likeness (QED) is 0.847. The Morgan fingerprint density at radius 3 is 2.16 bits per heavy atom. The number of benzene rings is 2. The van der Waals surface area contributed by atoms with E-state index in [-0.39, 0.29) is 11.6 Å². The van der Waals surface area contributed by atoms with Crippen molar-refractivity contribution in [1.82, 2.24) is 10.2 Å². The normalized spacial score (nSPS) is 13.2. The molecule has 6 heteroatoms. The lowest BCUT2D eigenvalue weighted by molar-refractivity contribution is -0.129. The van der Waals surface area contributed by atoms with Gasteiger partial charge in [-0.15, -0.1) is 0 Å². The standard InChI is InChI=1S/C19H22FN3O2/c1-13(18(24)22-16-12-8-7-11-15(16)20)21-19(25)17(23(2)3)14-9-5-4-6-10-14/h4-13,17H,1-3H3,(H,21,25)(H,22,24). The number of para-hydroxylation sites is 1. The largest absolute Gasteiger partial charge is 0.343 e. The highest BCUT2D eigenvalue weighted by Crippen LogP contribution is 2.18. The summed E-state index contributed by atoms with van der Waals surface area (Å²) in [7, 11) is 3.59. The Kier molecular flexibility index (Phi) is 6.25. The first-order valence-corrected chi connectivity index (χ1v) is 7.97. The summed E-state index contributed by atoms with van der Waals surface area (Å²) in [6.07, 6.45) is 0. The number of carbonyl (C=O) groups excluding carboxylic acids is 2. The predicted octanol–water partition coefficient (Wildman–Crippen LogP) is 2.57. The van der Waals surface area contributed by atoms with Crippen molar-refractivity contribution in [1.29, 1.82) is 0 Å². The van der Waals surface area contributed by atoms with Crippen molar-refractivity contribution in [3.8, 4) is 0 Å². The third kappa shape index (κ3) is 4.87. The molecule has 0 aromatic heterocycles. The Labute approximate surface area is 146 Å². The molecule has 0 fully saturated rings. The molecule has 0 heterocycles. The number of amides is 2. The Hall–Kier alpha value is -2.73. The molecule has 2 aromatic rings. The van der Waals surface area contributed by atoms with Crippen molar-refractivity contribution in [3.05, 3.63) is 66.0 Å². The van der Waals surface area contributed by atoms with Crippen LogP contribution in [-0.2, 0) is 9.59 Å². The van der Waals surface area contributed by atoms with Gasteiger partial charge in [0.25, 0.3) is 0 Å². The molecule has 0 spiro atoms. The minimum absolute atomic E-state index is 0.0841. The average Bonchev–Trinajstić information content (AvgIpc) is 2.57. The molecule has 5 nitrogen and oxygen atoms in total. The second-order valence-corrected chi connectivity index (χ2v) is 5.98. The maximum absolute atomic E-state index is 13.6. The third-order valence-corrected chi connectivity index (χ3v) is 3.76. The van der Waals surface area contributed by atoms with Crippen LogP contribution >= 0.6 is 0 Å². The Bertz CT molecular complexity index is 734. The van der Waals surface area contributed by atoms with E-state index in [2.05, 4.69) is 10.6 Å².